The number of hydrazine groups is 1. The average molecular weight is 305 g/mol. The number of nitrogens with one attached hydrogen (secondary N) is 1. The van der Waals surface area contributed by atoms with Gasteiger partial charge in [-0.15, -0.1) is 11.3 Å². The fourth-order valence-electron chi connectivity index (χ4n) is 2.89. The molecule has 0 bridgehead atoms. The fraction of sp³-hybridized carbons (Fsp3) is 0.600. The molecule has 0 spiro atoms. The van der Waals surface area contributed by atoms with E-state index in [4.69, 9.17) is 5.84 Å². The molecule has 1 saturated heterocycles. The summed E-state index contributed by atoms with van der Waals surface area (Å²) in [5.41, 5.74) is 2.60. The van der Waals surface area contributed by atoms with E-state index in [2.05, 4.69) is 47.1 Å². The normalized spacial score (nSPS) is 22.8. The molecule has 5 nitrogen and oxygen atoms in total. The van der Waals surface area contributed by atoms with E-state index in [0.29, 0.717) is 11.9 Å². The van der Waals surface area contributed by atoms with Crippen molar-refractivity contribution in [1.29, 1.82) is 0 Å². The molecule has 0 aliphatic carbocycles. The van der Waals surface area contributed by atoms with Crippen molar-refractivity contribution in [3.05, 3.63) is 10.9 Å². The van der Waals surface area contributed by atoms with Gasteiger partial charge in [-0.25, -0.2) is 10.8 Å². The maximum absolute atomic E-state index is 5.54. The van der Waals surface area contributed by atoms with Crippen molar-refractivity contribution in [2.24, 2.45) is 17.7 Å². The SMILES string of the molecule is CCc1cc2c(N3CCC(C)C(C)C3)nc(NN)nc2s1. The lowest BCUT2D eigenvalue weighted by Crippen LogP contribution is -2.39. The Morgan fingerprint density at radius 1 is 1.38 bits per heavy atom. The van der Waals surface area contributed by atoms with Gasteiger partial charge >= 0.3 is 0 Å². The van der Waals surface area contributed by atoms with Crippen LogP contribution in [-0.4, -0.2) is 23.1 Å². The highest BCUT2D eigenvalue weighted by atomic mass is 32.1. The third-order valence-corrected chi connectivity index (χ3v) is 5.71. The molecule has 6 heteroatoms. The van der Waals surface area contributed by atoms with E-state index in [1.165, 1.54) is 11.3 Å². The number of aromatic nitrogens is 2. The van der Waals surface area contributed by atoms with Crippen molar-refractivity contribution in [1.82, 2.24) is 9.97 Å². The van der Waals surface area contributed by atoms with Crippen molar-refractivity contribution in [2.75, 3.05) is 23.4 Å². The maximum Gasteiger partial charge on any atom is 0.240 e. The van der Waals surface area contributed by atoms with E-state index in [9.17, 15) is 0 Å². The van der Waals surface area contributed by atoms with Crippen LogP contribution < -0.4 is 16.2 Å². The van der Waals surface area contributed by atoms with Crippen LogP contribution in [0.3, 0.4) is 0 Å². The van der Waals surface area contributed by atoms with Gasteiger partial charge in [0.2, 0.25) is 5.95 Å². The Kier molecular flexibility index (Phi) is 3.99. The van der Waals surface area contributed by atoms with E-state index >= 15 is 0 Å². The first-order valence-corrected chi connectivity index (χ1v) is 8.46. The zero-order valence-electron chi connectivity index (χ0n) is 12.9. The summed E-state index contributed by atoms with van der Waals surface area (Å²) in [7, 11) is 0. The van der Waals surface area contributed by atoms with Crippen LogP contribution in [0.5, 0.6) is 0 Å². The number of nitrogen functional groups attached to an aromatic ring is 1. The number of rotatable bonds is 3. The molecule has 1 fully saturated rings. The van der Waals surface area contributed by atoms with Gasteiger partial charge in [0.1, 0.15) is 10.6 Å². The molecular weight excluding hydrogens is 282 g/mol. The van der Waals surface area contributed by atoms with E-state index in [1.54, 1.807) is 11.3 Å². The van der Waals surface area contributed by atoms with Gasteiger partial charge in [0.15, 0.2) is 0 Å². The zero-order valence-corrected chi connectivity index (χ0v) is 13.7. The lowest BCUT2D eigenvalue weighted by atomic mass is 9.88. The number of anilines is 2. The van der Waals surface area contributed by atoms with Gasteiger partial charge in [-0.2, -0.15) is 4.98 Å². The number of nitrogens with zero attached hydrogens (tertiary/aromatic N) is 3. The maximum atomic E-state index is 5.54. The molecule has 3 N–H and O–H groups in total. The first-order chi connectivity index (χ1) is 10.1. The van der Waals surface area contributed by atoms with Crippen LogP contribution in [0.4, 0.5) is 11.8 Å². The fourth-order valence-corrected chi connectivity index (χ4v) is 3.85. The molecule has 0 saturated carbocycles. The van der Waals surface area contributed by atoms with Crippen LogP contribution in [0.25, 0.3) is 10.2 Å². The monoisotopic (exact) mass is 305 g/mol. The predicted molar refractivity (Wildman–Crippen MR) is 89.8 cm³/mol. The molecule has 2 aromatic heterocycles. The standard InChI is InChI=1S/C15H23N5S/c1-4-11-7-12-13(17-15(19-16)18-14(12)21-11)20-6-5-9(2)10(3)8-20/h7,9-10H,4-6,8,16H2,1-3H3,(H,17,18,19). The minimum Gasteiger partial charge on any atom is -0.356 e. The summed E-state index contributed by atoms with van der Waals surface area (Å²) < 4.78 is 0. The number of fused-ring (bicyclic) bond motifs is 1. The number of piperidine rings is 1. The van der Waals surface area contributed by atoms with E-state index in [0.717, 1.165) is 41.5 Å². The molecule has 3 heterocycles. The molecule has 0 radical (unpaired) electrons. The minimum atomic E-state index is 0.508. The molecule has 21 heavy (non-hydrogen) atoms. The highest BCUT2D eigenvalue weighted by Gasteiger charge is 2.25. The van der Waals surface area contributed by atoms with Gasteiger partial charge in [0.05, 0.1) is 5.39 Å². The molecule has 0 amide bonds. The highest BCUT2D eigenvalue weighted by Crippen LogP contribution is 2.35. The highest BCUT2D eigenvalue weighted by molar-refractivity contribution is 7.18. The second-order valence-corrected chi connectivity index (χ2v) is 7.10. The van der Waals surface area contributed by atoms with Gasteiger partial charge in [-0.3, -0.25) is 5.43 Å². The second-order valence-electron chi connectivity index (χ2n) is 5.99. The molecule has 2 atom stereocenters. The first kappa shape index (κ1) is 14.5. The van der Waals surface area contributed by atoms with Crippen LogP contribution in [0.1, 0.15) is 32.1 Å². The number of aryl methyl sites for hydroxylation is 1. The summed E-state index contributed by atoms with van der Waals surface area (Å²) in [6.07, 6.45) is 2.24. The molecule has 2 unspecified atom stereocenters. The van der Waals surface area contributed by atoms with Crippen molar-refractivity contribution < 1.29 is 0 Å². The summed E-state index contributed by atoms with van der Waals surface area (Å²) in [6, 6.07) is 2.23. The number of nitrogens with two attached hydrogens (primary N) is 1. The van der Waals surface area contributed by atoms with Crippen molar-refractivity contribution in [3.8, 4) is 0 Å². The van der Waals surface area contributed by atoms with Crippen LogP contribution in [0.2, 0.25) is 0 Å². The number of hydrogen-bond acceptors (Lipinski definition) is 6. The van der Waals surface area contributed by atoms with Gasteiger partial charge in [-0.05, 0) is 30.7 Å². The van der Waals surface area contributed by atoms with Crippen LogP contribution >= 0.6 is 11.3 Å². The van der Waals surface area contributed by atoms with Gasteiger partial charge in [-0.1, -0.05) is 20.8 Å². The smallest absolute Gasteiger partial charge is 0.240 e. The lowest BCUT2D eigenvalue weighted by molar-refractivity contribution is 0.323. The van der Waals surface area contributed by atoms with E-state index < -0.39 is 0 Å². The molecule has 3 rings (SSSR count). The molecule has 1 aliphatic rings. The van der Waals surface area contributed by atoms with Crippen LogP contribution in [0.15, 0.2) is 6.07 Å². The summed E-state index contributed by atoms with van der Waals surface area (Å²) in [5, 5.41) is 1.16. The predicted octanol–water partition coefficient (Wildman–Crippen LogP) is 3.02. The Bertz CT molecular complexity index is 638. The Labute approximate surface area is 129 Å². The first-order valence-electron chi connectivity index (χ1n) is 7.64. The summed E-state index contributed by atoms with van der Waals surface area (Å²) in [6.45, 7) is 8.94. The molecule has 0 aromatic carbocycles. The second kappa shape index (κ2) is 5.77. The van der Waals surface area contributed by atoms with E-state index in [-0.39, 0.29) is 0 Å². The molecule has 2 aromatic rings. The Morgan fingerprint density at radius 3 is 2.86 bits per heavy atom. The molecular formula is C15H23N5S. The average Bonchev–Trinajstić information content (AvgIpc) is 2.92. The zero-order chi connectivity index (χ0) is 15.0. The van der Waals surface area contributed by atoms with Crippen molar-refractivity contribution in [2.45, 2.75) is 33.6 Å². The minimum absolute atomic E-state index is 0.508. The Hall–Kier alpha value is -1.40. The van der Waals surface area contributed by atoms with Crippen molar-refractivity contribution >= 4 is 33.3 Å². The Morgan fingerprint density at radius 2 is 2.19 bits per heavy atom. The van der Waals surface area contributed by atoms with Crippen LogP contribution in [0, 0.1) is 11.8 Å². The van der Waals surface area contributed by atoms with Gasteiger partial charge < -0.3 is 4.90 Å². The Balaban J connectivity index is 2.05. The third-order valence-electron chi connectivity index (χ3n) is 4.53. The van der Waals surface area contributed by atoms with E-state index in [1.807, 2.05) is 0 Å². The number of hydrogen-bond donors (Lipinski definition) is 2. The quantitative estimate of drug-likeness (QED) is 0.674. The van der Waals surface area contributed by atoms with Gasteiger partial charge in [0.25, 0.3) is 0 Å². The number of thiophene rings is 1. The topological polar surface area (TPSA) is 67.1 Å². The summed E-state index contributed by atoms with van der Waals surface area (Å²) in [4.78, 5) is 13.9. The van der Waals surface area contributed by atoms with Gasteiger partial charge in [0, 0.05) is 18.0 Å². The molecule has 114 valence electrons. The lowest BCUT2D eigenvalue weighted by Gasteiger charge is -2.36. The van der Waals surface area contributed by atoms with Crippen LogP contribution in [-0.2, 0) is 6.42 Å². The molecule has 1 aliphatic heterocycles. The third kappa shape index (κ3) is 2.70. The largest absolute Gasteiger partial charge is 0.356 e. The van der Waals surface area contributed by atoms with Crippen molar-refractivity contribution in [3.63, 3.8) is 0 Å². The summed E-state index contributed by atoms with van der Waals surface area (Å²) >= 11 is 1.73. The summed E-state index contributed by atoms with van der Waals surface area (Å²) in [5.74, 6) is 8.54.